The normalized spacial score (nSPS) is 11.9. The zero-order valence-corrected chi connectivity index (χ0v) is 16.3. The molecule has 4 aromatic heterocycles. The molecule has 4 aromatic rings. The van der Waals surface area contributed by atoms with Gasteiger partial charge in [-0.3, -0.25) is 14.2 Å². The van der Waals surface area contributed by atoms with E-state index < -0.39 is 18.7 Å². The van der Waals surface area contributed by atoms with Crippen molar-refractivity contribution in [3.05, 3.63) is 53.7 Å². The van der Waals surface area contributed by atoms with Crippen LogP contribution in [0.25, 0.3) is 27.8 Å². The molecule has 0 saturated heterocycles. The van der Waals surface area contributed by atoms with Crippen LogP contribution in [0.5, 0.6) is 5.88 Å². The molecule has 0 radical (unpaired) electrons. The number of aryl methyl sites for hydroxylation is 2. The van der Waals surface area contributed by atoms with Gasteiger partial charge in [-0.1, -0.05) is 0 Å². The zero-order chi connectivity index (χ0) is 22.5. The average molecular weight is 431 g/mol. The number of carboxylic acids is 1. The largest absolute Gasteiger partial charge is 0.494 e. The number of aromatic nitrogens is 5. The second-order valence-electron chi connectivity index (χ2n) is 7.07. The van der Waals surface area contributed by atoms with Crippen LogP contribution in [0.1, 0.15) is 21.6 Å². The first kappa shape index (κ1) is 20.4. The highest BCUT2D eigenvalue weighted by Crippen LogP contribution is 2.37. The van der Waals surface area contributed by atoms with E-state index in [9.17, 15) is 28.2 Å². The van der Waals surface area contributed by atoms with Gasteiger partial charge in [-0.05, 0) is 31.5 Å². The molecule has 8 nitrogen and oxygen atoms in total. The van der Waals surface area contributed by atoms with Gasteiger partial charge in [0.15, 0.2) is 0 Å². The van der Waals surface area contributed by atoms with Gasteiger partial charge < -0.3 is 10.2 Å². The summed E-state index contributed by atoms with van der Waals surface area (Å²) >= 11 is 0. The van der Waals surface area contributed by atoms with E-state index in [1.807, 2.05) is 0 Å². The highest BCUT2D eigenvalue weighted by atomic mass is 19.4. The lowest BCUT2D eigenvalue weighted by Crippen LogP contribution is -2.17. The molecule has 31 heavy (non-hydrogen) atoms. The molecule has 0 spiro atoms. The highest BCUT2D eigenvalue weighted by Gasteiger charge is 2.29. The van der Waals surface area contributed by atoms with E-state index in [0.717, 1.165) is 4.68 Å². The number of halogens is 3. The Morgan fingerprint density at radius 2 is 1.90 bits per heavy atom. The van der Waals surface area contributed by atoms with E-state index in [1.54, 1.807) is 19.9 Å². The van der Waals surface area contributed by atoms with Gasteiger partial charge in [-0.15, -0.1) is 0 Å². The van der Waals surface area contributed by atoms with Crippen molar-refractivity contribution in [2.24, 2.45) is 0 Å². The molecule has 0 amide bonds. The number of hydrogen-bond acceptors (Lipinski definition) is 5. The van der Waals surface area contributed by atoms with Crippen LogP contribution in [0, 0.1) is 13.8 Å². The maximum Gasteiger partial charge on any atom is 0.408 e. The summed E-state index contributed by atoms with van der Waals surface area (Å²) in [5.74, 6) is -1.30. The number of rotatable bonds is 4. The minimum atomic E-state index is -4.42. The van der Waals surface area contributed by atoms with Gasteiger partial charge in [0.2, 0.25) is 5.88 Å². The minimum absolute atomic E-state index is 0.00580. The lowest BCUT2D eigenvalue weighted by Gasteiger charge is -2.06. The number of hydrogen-bond donors (Lipinski definition) is 2. The molecule has 4 heterocycles. The van der Waals surface area contributed by atoms with Crippen LogP contribution >= 0.6 is 0 Å². The fraction of sp³-hybridized carbons (Fsp3) is 0.200. The summed E-state index contributed by atoms with van der Waals surface area (Å²) in [6.45, 7) is 2.17. The molecule has 0 bridgehead atoms. The van der Waals surface area contributed by atoms with Crippen LogP contribution in [0.15, 0.2) is 36.9 Å². The van der Waals surface area contributed by atoms with E-state index >= 15 is 0 Å². The molecule has 0 aromatic carbocycles. The molecule has 0 aliphatic rings. The maximum atomic E-state index is 12.6. The number of nitrogens with zero attached hydrogens (tertiary/aromatic N) is 5. The Hall–Kier alpha value is -3.89. The first-order valence-electron chi connectivity index (χ1n) is 9.05. The van der Waals surface area contributed by atoms with Crippen molar-refractivity contribution in [2.75, 3.05) is 0 Å². The SMILES string of the molecule is Cc1cc(-c2cncc(C(=O)O)c2)nc2c(C)n(-c3cnn(CC(F)(F)F)c3)c(O)c12. The number of pyridine rings is 2. The number of carbonyl (C=O) groups is 1. The first-order valence-corrected chi connectivity index (χ1v) is 9.05. The molecule has 0 unspecified atom stereocenters. The Bertz CT molecular complexity index is 1320. The Morgan fingerprint density at radius 3 is 2.58 bits per heavy atom. The van der Waals surface area contributed by atoms with E-state index in [-0.39, 0.29) is 17.1 Å². The molecule has 160 valence electrons. The predicted molar refractivity (Wildman–Crippen MR) is 104 cm³/mol. The molecule has 11 heteroatoms. The van der Waals surface area contributed by atoms with Crippen molar-refractivity contribution in [1.82, 2.24) is 24.3 Å². The van der Waals surface area contributed by atoms with E-state index in [2.05, 4.69) is 15.1 Å². The minimum Gasteiger partial charge on any atom is -0.494 e. The topological polar surface area (TPSA) is 106 Å². The van der Waals surface area contributed by atoms with E-state index in [4.69, 9.17) is 0 Å². The summed E-state index contributed by atoms with van der Waals surface area (Å²) in [6.07, 6.45) is 0.702. The van der Waals surface area contributed by atoms with Gasteiger partial charge in [-0.25, -0.2) is 9.78 Å². The van der Waals surface area contributed by atoms with Crippen LogP contribution in [0.2, 0.25) is 0 Å². The number of fused-ring (bicyclic) bond motifs is 1. The summed E-state index contributed by atoms with van der Waals surface area (Å²) in [4.78, 5) is 19.7. The monoisotopic (exact) mass is 431 g/mol. The third-order valence-corrected chi connectivity index (χ3v) is 4.83. The number of carboxylic acid groups (broad SMARTS) is 1. The summed E-state index contributed by atoms with van der Waals surface area (Å²) < 4.78 is 40.1. The number of aromatic carboxylic acids is 1. The van der Waals surface area contributed by atoms with Crippen molar-refractivity contribution >= 4 is 16.9 Å². The summed E-state index contributed by atoms with van der Waals surface area (Å²) in [7, 11) is 0. The van der Waals surface area contributed by atoms with Gasteiger partial charge in [0.1, 0.15) is 6.54 Å². The molecule has 0 aliphatic carbocycles. The Balaban J connectivity index is 1.85. The lowest BCUT2D eigenvalue weighted by atomic mass is 10.1. The third kappa shape index (κ3) is 3.69. The zero-order valence-electron chi connectivity index (χ0n) is 16.3. The molecule has 2 N–H and O–H groups in total. The standard InChI is InChI=1S/C20H16F3N5O3/c1-10-3-15(12-4-13(19(30)31)6-24-5-12)26-17-11(2)28(18(29)16(10)17)14-7-25-27(8-14)9-20(21,22)23/h3-8,29H,9H2,1-2H3,(H,30,31). The predicted octanol–water partition coefficient (Wildman–Crippen LogP) is 3.87. The van der Waals surface area contributed by atoms with Gasteiger partial charge in [-0.2, -0.15) is 18.3 Å². The van der Waals surface area contributed by atoms with Crippen molar-refractivity contribution < 1.29 is 28.2 Å². The van der Waals surface area contributed by atoms with Crippen molar-refractivity contribution in [3.63, 3.8) is 0 Å². The number of alkyl halides is 3. The second kappa shape index (κ2) is 7.11. The third-order valence-electron chi connectivity index (χ3n) is 4.83. The number of aromatic hydroxyl groups is 1. The van der Waals surface area contributed by atoms with Crippen molar-refractivity contribution in [3.8, 4) is 22.8 Å². The Labute approximate surface area is 173 Å². The molecular weight excluding hydrogens is 415 g/mol. The molecule has 0 atom stereocenters. The quantitative estimate of drug-likeness (QED) is 0.508. The van der Waals surface area contributed by atoms with Gasteiger partial charge in [0.05, 0.1) is 34.0 Å². The second-order valence-corrected chi connectivity index (χ2v) is 7.07. The summed E-state index contributed by atoms with van der Waals surface area (Å²) in [6, 6.07) is 3.12. The lowest BCUT2D eigenvalue weighted by molar-refractivity contribution is -0.142. The van der Waals surface area contributed by atoms with Crippen molar-refractivity contribution in [2.45, 2.75) is 26.6 Å². The molecule has 0 saturated carbocycles. The molecule has 4 rings (SSSR count). The van der Waals surface area contributed by atoms with Gasteiger partial charge in [0.25, 0.3) is 0 Å². The Morgan fingerprint density at radius 1 is 1.16 bits per heavy atom. The van der Waals surface area contributed by atoms with Gasteiger partial charge in [0, 0.05) is 29.8 Å². The molecule has 0 fully saturated rings. The molecular formula is C20H16F3N5O3. The van der Waals surface area contributed by atoms with Gasteiger partial charge >= 0.3 is 12.1 Å². The van der Waals surface area contributed by atoms with Crippen LogP contribution < -0.4 is 0 Å². The smallest absolute Gasteiger partial charge is 0.408 e. The Kier molecular flexibility index (Phi) is 4.68. The molecule has 0 aliphatic heterocycles. The summed E-state index contributed by atoms with van der Waals surface area (Å²) in [5, 5.41) is 24.2. The fourth-order valence-electron chi connectivity index (χ4n) is 3.49. The average Bonchev–Trinajstić information content (AvgIpc) is 3.22. The first-order chi connectivity index (χ1) is 14.5. The maximum absolute atomic E-state index is 12.6. The van der Waals surface area contributed by atoms with Crippen LogP contribution in [0.4, 0.5) is 13.2 Å². The van der Waals surface area contributed by atoms with Crippen LogP contribution in [-0.2, 0) is 6.54 Å². The van der Waals surface area contributed by atoms with Crippen molar-refractivity contribution in [1.29, 1.82) is 0 Å². The highest BCUT2D eigenvalue weighted by molar-refractivity contribution is 5.94. The fourth-order valence-corrected chi connectivity index (χ4v) is 3.49. The van der Waals surface area contributed by atoms with E-state index in [0.29, 0.717) is 33.4 Å². The van der Waals surface area contributed by atoms with Crippen LogP contribution in [-0.4, -0.2) is 46.7 Å². The van der Waals surface area contributed by atoms with Crippen LogP contribution in [0.3, 0.4) is 0 Å². The van der Waals surface area contributed by atoms with E-state index in [1.165, 1.54) is 35.4 Å². The summed E-state index contributed by atoms with van der Waals surface area (Å²) in [5.41, 5.74) is 2.77.